The summed E-state index contributed by atoms with van der Waals surface area (Å²) in [5.74, 6) is -0.545. The van der Waals surface area contributed by atoms with Gasteiger partial charge in [-0.25, -0.2) is 4.79 Å². The van der Waals surface area contributed by atoms with Crippen LogP contribution in [0.3, 0.4) is 0 Å². The molecule has 0 aliphatic carbocycles. The van der Waals surface area contributed by atoms with Gasteiger partial charge in [-0.1, -0.05) is 24.6 Å². The normalized spacial score (nSPS) is 9.47. The Morgan fingerprint density at radius 1 is 1.60 bits per heavy atom. The molecule has 1 rings (SSSR count). The molecule has 78 valence electrons. The Bertz CT molecular complexity index is 435. The third kappa shape index (κ3) is 2.11. The van der Waals surface area contributed by atoms with Crippen molar-refractivity contribution in [1.82, 2.24) is 0 Å². The highest BCUT2D eigenvalue weighted by Gasteiger charge is 2.16. The van der Waals surface area contributed by atoms with Crippen LogP contribution in [0.5, 0.6) is 0 Å². The summed E-state index contributed by atoms with van der Waals surface area (Å²) < 4.78 is 4.56. The van der Waals surface area contributed by atoms with Gasteiger partial charge in [0.2, 0.25) is 0 Å². The van der Waals surface area contributed by atoms with Crippen molar-refractivity contribution in [2.24, 2.45) is 0 Å². The van der Waals surface area contributed by atoms with Crippen LogP contribution in [0.25, 0.3) is 0 Å². The molecule has 0 unspecified atom stereocenters. The van der Waals surface area contributed by atoms with E-state index in [1.807, 2.05) is 13.0 Å². The lowest BCUT2D eigenvalue weighted by Crippen LogP contribution is -2.05. The first-order chi connectivity index (χ1) is 7.15. The first-order valence-corrected chi connectivity index (χ1v) is 4.83. The number of hydrogen-bond donors (Lipinski definition) is 0. The minimum atomic E-state index is -0.545. The van der Waals surface area contributed by atoms with Crippen molar-refractivity contribution in [1.29, 1.82) is 5.26 Å². The van der Waals surface area contributed by atoms with Crippen molar-refractivity contribution in [3.63, 3.8) is 0 Å². The number of esters is 1. The Morgan fingerprint density at radius 2 is 2.27 bits per heavy atom. The maximum atomic E-state index is 11.3. The fraction of sp³-hybridized carbons (Fsp3) is 0.273. The van der Waals surface area contributed by atoms with E-state index in [-0.39, 0.29) is 11.1 Å². The first-order valence-electron chi connectivity index (χ1n) is 4.45. The number of nitriles is 1. The summed E-state index contributed by atoms with van der Waals surface area (Å²) in [4.78, 5) is 11.3. The van der Waals surface area contributed by atoms with Crippen molar-refractivity contribution < 1.29 is 9.53 Å². The van der Waals surface area contributed by atoms with Crippen molar-refractivity contribution in [3.8, 4) is 6.07 Å². The molecule has 3 nitrogen and oxygen atoms in total. The minimum absolute atomic E-state index is 0.183. The summed E-state index contributed by atoms with van der Waals surface area (Å²) in [6.45, 7) is 1.93. The number of carbonyl (C=O) groups excluding carboxylic acids is 1. The van der Waals surface area contributed by atoms with Crippen molar-refractivity contribution in [2.45, 2.75) is 13.3 Å². The van der Waals surface area contributed by atoms with Crippen LogP contribution in [0.1, 0.15) is 28.4 Å². The van der Waals surface area contributed by atoms with E-state index in [1.54, 1.807) is 12.1 Å². The van der Waals surface area contributed by atoms with E-state index in [0.29, 0.717) is 5.02 Å². The van der Waals surface area contributed by atoms with E-state index in [0.717, 1.165) is 12.0 Å². The molecule has 1 aromatic rings. The summed E-state index contributed by atoms with van der Waals surface area (Å²) in [6, 6.07) is 5.22. The van der Waals surface area contributed by atoms with Gasteiger partial charge in [-0.05, 0) is 18.1 Å². The molecular formula is C11H10ClNO2. The van der Waals surface area contributed by atoms with E-state index in [4.69, 9.17) is 16.9 Å². The topological polar surface area (TPSA) is 50.1 Å². The van der Waals surface area contributed by atoms with Gasteiger partial charge in [0.15, 0.2) is 0 Å². The molecule has 0 saturated heterocycles. The molecule has 0 heterocycles. The average Bonchev–Trinajstić information content (AvgIpc) is 2.27. The maximum absolute atomic E-state index is 11.3. The smallest absolute Gasteiger partial charge is 0.339 e. The Hall–Kier alpha value is -1.53. The highest BCUT2D eigenvalue weighted by atomic mass is 35.5. The molecule has 0 aliphatic heterocycles. The summed E-state index contributed by atoms with van der Waals surface area (Å²) in [5.41, 5.74) is 1.24. The number of hydrogen-bond acceptors (Lipinski definition) is 3. The Kier molecular flexibility index (Phi) is 3.70. The van der Waals surface area contributed by atoms with Gasteiger partial charge in [-0.3, -0.25) is 0 Å². The predicted octanol–water partition coefficient (Wildman–Crippen LogP) is 2.56. The molecule has 15 heavy (non-hydrogen) atoms. The molecule has 0 aliphatic rings. The summed E-state index contributed by atoms with van der Waals surface area (Å²) in [7, 11) is 1.27. The Balaban J connectivity index is 3.39. The first kappa shape index (κ1) is 11.5. The second kappa shape index (κ2) is 4.81. The zero-order valence-electron chi connectivity index (χ0n) is 8.50. The zero-order valence-corrected chi connectivity index (χ0v) is 9.26. The Morgan fingerprint density at radius 3 is 2.73 bits per heavy atom. The fourth-order valence-corrected chi connectivity index (χ4v) is 1.62. The summed E-state index contributed by atoms with van der Waals surface area (Å²) >= 11 is 5.98. The SMILES string of the molecule is CCc1ccc(C(=O)OC)c(C#N)c1Cl. The Labute approximate surface area is 93.2 Å². The van der Waals surface area contributed by atoms with Gasteiger partial charge in [0, 0.05) is 0 Å². The molecule has 0 fully saturated rings. The number of rotatable bonds is 2. The van der Waals surface area contributed by atoms with Crippen LogP contribution >= 0.6 is 11.6 Å². The lowest BCUT2D eigenvalue weighted by molar-refractivity contribution is 0.0600. The van der Waals surface area contributed by atoms with Crippen molar-refractivity contribution in [2.75, 3.05) is 7.11 Å². The van der Waals surface area contributed by atoms with E-state index < -0.39 is 5.97 Å². The number of methoxy groups -OCH3 is 1. The third-order valence-electron chi connectivity index (χ3n) is 2.12. The van der Waals surface area contributed by atoms with Gasteiger partial charge in [0.1, 0.15) is 6.07 Å². The molecule has 4 heteroatoms. The van der Waals surface area contributed by atoms with Crippen LogP contribution in [0, 0.1) is 11.3 Å². The van der Waals surface area contributed by atoms with Crippen LogP contribution in [-0.2, 0) is 11.2 Å². The molecule has 0 spiro atoms. The number of nitrogens with zero attached hydrogens (tertiary/aromatic N) is 1. The lowest BCUT2D eigenvalue weighted by atomic mass is 10.0. The second-order valence-electron chi connectivity index (χ2n) is 2.92. The van der Waals surface area contributed by atoms with Gasteiger partial charge in [-0.15, -0.1) is 0 Å². The van der Waals surface area contributed by atoms with E-state index in [2.05, 4.69) is 4.74 Å². The minimum Gasteiger partial charge on any atom is -0.465 e. The average molecular weight is 224 g/mol. The molecule has 0 saturated carbocycles. The van der Waals surface area contributed by atoms with Gasteiger partial charge < -0.3 is 4.74 Å². The van der Waals surface area contributed by atoms with Crippen molar-refractivity contribution in [3.05, 3.63) is 33.8 Å². The second-order valence-corrected chi connectivity index (χ2v) is 3.30. The van der Waals surface area contributed by atoms with Gasteiger partial charge in [0.25, 0.3) is 0 Å². The number of aryl methyl sites for hydroxylation is 1. The van der Waals surface area contributed by atoms with E-state index >= 15 is 0 Å². The molecule has 0 aromatic heterocycles. The molecule has 0 amide bonds. The lowest BCUT2D eigenvalue weighted by Gasteiger charge is -2.07. The fourth-order valence-electron chi connectivity index (χ4n) is 1.28. The highest BCUT2D eigenvalue weighted by Crippen LogP contribution is 2.25. The van der Waals surface area contributed by atoms with E-state index in [9.17, 15) is 4.79 Å². The van der Waals surface area contributed by atoms with Gasteiger partial charge >= 0.3 is 5.97 Å². The summed E-state index contributed by atoms with van der Waals surface area (Å²) in [5, 5.41) is 9.26. The van der Waals surface area contributed by atoms with E-state index in [1.165, 1.54) is 7.11 Å². The molecular weight excluding hydrogens is 214 g/mol. The maximum Gasteiger partial charge on any atom is 0.339 e. The van der Waals surface area contributed by atoms with Crippen LogP contribution < -0.4 is 0 Å². The highest BCUT2D eigenvalue weighted by molar-refractivity contribution is 6.33. The largest absolute Gasteiger partial charge is 0.465 e. The van der Waals surface area contributed by atoms with Gasteiger partial charge in [-0.2, -0.15) is 5.26 Å². The van der Waals surface area contributed by atoms with Crippen molar-refractivity contribution >= 4 is 17.6 Å². The van der Waals surface area contributed by atoms with Crippen LogP contribution in [0.4, 0.5) is 0 Å². The molecule has 0 atom stereocenters. The zero-order chi connectivity index (χ0) is 11.4. The molecule has 0 radical (unpaired) electrons. The quantitative estimate of drug-likeness (QED) is 0.724. The van der Waals surface area contributed by atoms with Crippen LogP contribution in [0.15, 0.2) is 12.1 Å². The predicted molar refractivity (Wildman–Crippen MR) is 56.9 cm³/mol. The number of carbonyl (C=O) groups is 1. The standard InChI is InChI=1S/C11H10ClNO2/c1-3-7-4-5-8(11(14)15-2)9(6-13)10(7)12/h4-5H,3H2,1-2H3. The van der Waals surface area contributed by atoms with Crippen LogP contribution in [0.2, 0.25) is 5.02 Å². The number of ether oxygens (including phenoxy) is 1. The summed E-state index contributed by atoms with van der Waals surface area (Å²) in [6.07, 6.45) is 0.717. The van der Waals surface area contributed by atoms with Crippen LogP contribution in [-0.4, -0.2) is 13.1 Å². The monoisotopic (exact) mass is 223 g/mol. The van der Waals surface area contributed by atoms with Gasteiger partial charge in [0.05, 0.1) is 23.3 Å². The molecule has 0 bridgehead atoms. The number of benzene rings is 1. The molecule has 0 N–H and O–H groups in total. The molecule has 1 aromatic carbocycles. The third-order valence-corrected chi connectivity index (χ3v) is 2.55. The number of halogens is 1.